The smallest absolute Gasteiger partial charge is 0.355 e. The highest BCUT2D eigenvalue weighted by Gasteiger charge is 2.37. The van der Waals surface area contributed by atoms with Gasteiger partial charge in [-0.1, -0.05) is 26.5 Å². The van der Waals surface area contributed by atoms with Gasteiger partial charge < -0.3 is 29.3 Å². The predicted molar refractivity (Wildman–Crippen MR) is 183 cm³/mol. The Labute approximate surface area is 292 Å². The molecule has 0 aliphatic carbocycles. The van der Waals surface area contributed by atoms with Crippen LogP contribution in [0.25, 0.3) is 28.0 Å². The van der Waals surface area contributed by atoms with Crippen molar-refractivity contribution < 1.29 is 36.9 Å². The van der Waals surface area contributed by atoms with E-state index < -0.39 is 60.9 Å². The fraction of sp³-hybridized carbons (Fsp3) is 0.444. The maximum atomic E-state index is 16.4. The van der Waals surface area contributed by atoms with Crippen molar-refractivity contribution in [2.45, 2.75) is 58.4 Å². The number of benzene rings is 1. The van der Waals surface area contributed by atoms with Gasteiger partial charge in [0.2, 0.25) is 5.91 Å². The summed E-state index contributed by atoms with van der Waals surface area (Å²) in [6.07, 6.45) is -1.37. The largest absolute Gasteiger partial charge is 0.490 e. The third kappa shape index (κ3) is 6.84. The lowest BCUT2D eigenvalue weighted by Crippen LogP contribution is -2.54. The molecule has 1 fully saturated rings. The van der Waals surface area contributed by atoms with Crippen LogP contribution in [0, 0.1) is 17.6 Å². The lowest BCUT2D eigenvalue weighted by atomic mass is 9.94. The van der Waals surface area contributed by atoms with E-state index in [4.69, 9.17) is 9.47 Å². The third-order valence-electron chi connectivity index (χ3n) is 9.36. The fourth-order valence-corrected chi connectivity index (χ4v) is 6.97. The van der Waals surface area contributed by atoms with Crippen LogP contribution in [0.1, 0.15) is 27.7 Å². The number of carbonyl (C=O) groups excluding carboxylic acids is 1. The first-order valence-corrected chi connectivity index (χ1v) is 16.8. The Bertz CT molecular complexity index is 1970. The number of fused-ring (bicyclic) bond motifs is 4. The fourth-order valence-electron chi connectivity index (χ4n) is 6.97. The van der Waals surface area contributed by atoms with Gasteiger partial charge in [0.25, 0.3) is 6.43 Å². The summed E-state index contributed by atoms with van der Waals surface area (Å²) < 4.78 is 71.5. The average Bonchev–Trinajstić information content (AvgIpc) is 3.08. The maximum Gasteiger partial charge on any atom is 0.355 e. The summed E-state index contributed by atoms with van der Waals surface area (Å²) in [5.74, 6) is -1.98. The summed E-state index contributed by atoms with van der Waals surface area (Å²) in [6.45, 7) is 11.0. The number of hydrogen-bond acceptors (Lipinski definition) is 9. The molecule has 5 heterocycles. The third-order valence-corrected chi connectivity index (χ3v) is 9.36. The molecule has 1 saturated heterocycles. The quantitative estimate of drug-likeness (QED) is 0.281. The number of ether oxygens (including phenoxy) is 2. The van der Waals surface area contributed by atoms with Crippen molar-refractivity contribution in [1.29, 1.82) is 0 Å². The molecule has 0 spiro atoms. The Balaban J connectivity index is 1.67. The Kier molecular flexibility index (Phi) is 10.2. The van der Waals surface area contributed by atoms with E-state index in [0.29, 0.717) is 6.54 Å². The van der Waals surface area contributed by atoms with Crippen molar-refractivity contribution >= 4 is 28.5 Å². The van der Waals surface area contributed by atoms with E-state index in [-0.39, 0.29) is 76.9 Å². The summed E-state index contributed by atoms with van der Waals surface area (Å²) >= 11 is 0. The van der Waals surface area contributed by atoms with Crippen molar-refractivity contribution in [3.05, 3.63) is 76.9 Å². The highest BCUT2D eigenvalue weighted by molar-refractivity contribution is 5.92. The summed E-state index contributed by atoms with van der Waals surface area (Å²) in [5, 5.41) is 12.0. The Morgan fingerprint density at radius 1 is 1.18 bits per heavy atom. The van der Waals surface area contributed by atoms with Gasteiger partial charge in [-0.25, -0.2) is 31.9 Å². The summed E-state index contributed by atoms with van der Waals surface area (Å²) in [7, 11) is 0. The zero-order valence-electron chi connectivity index (χ0n) is 28.7. The van der Waals surface area contributed by atoms with Gasteiger partial charge in [0.05, 0.1) is 22.7 Å². The molecule has 2 aromatic heterocycles. The highest BCUT2D eigenvalue weighted by atomic mass is 19.3. The number of nitrogens with zero attached hydrogens (tertiary/aromatic N) is 6. The van der Waals surface area contributed by atoms with E-state index in [1.807, 2.05) is 25.7 Å². The van der Waals surface area contributed by atoms with Crippen molar-refractivity contribution in [3.63, 3.8) is 0 Å². The van der Waals surface area contributed by atoms with Gasteiger partial charge in [-0.05, 0) is 50.1 Å². The minimum atomic E-state index is -2.88. The van der Waals surface area contributed by atoms with Gasteiger partial charge in [-0.2, -0.15) is 4.98 Å². The van der Waals surface area contributed by atoms with Crippen molar-refractivity contribution in [2.75, 3.05) is 44.3 Å². The normalized spacial score (nSPS) is 22.2. The number of hydrogen-bond donors (Lipinski definition) is 1. The van der Waals surface area contributed by atoms with Crippen LogP contribution in [-0.2, 0) is 9.53 Å². The first kappa shape index (κ1) is 36.0. The van der Waals surface area contributed by atoms with Crippen LogP contribution >= 0.6 is 0 Å². The zero-order chi connectivity index (χ0) is 36.7. The number of alkyl halides is 2. The SMILES string of the molecule is C=CC(=O)N1CCN(c2nc(=O)n3c4nc(c(F)cc24)-c2c(F)cccc2OCC(OCC(F)F)C(O)C2=C3[C@@H](C)N(CC(C)C)C=C2)[C@@H](C)C1. The van der Waals surface area contributed by atoms with Gasteiger partial charge in [-0.3, -0.25) is 4.79 Å². The number of aromatic nitrogens is 3. The van der Waals surface area contributed by atoms with Gasteiger partial charge in [0.15, 0.2) is 11.5 Å². The number of halogens is 4. The Hall–Kier alpha value is -4.76. The van der Waals surface area contributed by atoms with Gasteiger partial charge >= 0.3 is 5.69 Å². The van der Waals surface area contributed by atoms with Gasteiger partial charge in [0, 0.05) is 44.0 Å². The monoisotopic (exact) mass is 712 g/mol. The Morgan fingerprint density at radius 3 is 2.63 bits per heavy atom. The molecule has 1 amide bonds. The molecule has 6 rings (SSSR count). The molecule has 0 radical (unpaired) electrons. The molecular weight excluding hydrogens is 672 g/mol. The van der Waals surface area contributed by atoms with Crippen LogP contribution in [0.2, 0.25) is 0 Å². The highest BCUT2D eigenvalue weighted by Crippen LogP contribution is 2.39. The first-order chi connectivity index (χ1) is 24.3. The first-order valence-electron chi connectivity index (χ1n) is 16.8. The second-order valence-corrected chi connectivity index (χ2v) is 13.3. The van der Waals surface area contributed by atoms with E-state index in [9.17, 15) is 23.5 Å². The van der Waals surface area contributed by atoms with E-state index >= 15 is 8.78 Å². The van der Waals surface area contributed by atoms with Gasteiger partial charge in [-0.15, -0.1) is 0 Å². The molecule has 2 bridgehead atoms. The molecule has 3 aliphatic rings. The molecule has 3 aliphatic heterocycles. The molecule has 0 saturated carbocycles. The number of carbonyl (C=O) groups is 1. The molecule has 2 unspecified atom stereocenters. The number of piperazine rings is 1. The standard InChI is InChI=1S/C36H40F4N6O5/c1-6-29(47)44-12-13-45(20(4)16-44)34-23-14-25(38)31-30-24(37)8-7-9-26(30)50-17-27(51-18-28(39)40)33(48)22-10-11-43(15-19(2)3)21(5)32(22)46(35(23)41-31)36(49)42-34/h6-11,14,19-21,27-28,33,48H,1,12-13,15-18H2,2-5H3/t20-,21+,27?,33?/m0/s1. The summed E-state index contributed by atoms with van der Waals surface area (Å²) in [5.41, 5.74) is -1.36. The van der Waals surface area contributed by atoms with Crippen LogP contribution < -0.4 is 15.3 Å². The summed E-state index contributed by atoms with van der Waals surface area (Å²) in [6, 6.07) is 3.94. The predicted octanol–water partition coefficient (Wildman–Crippen LogP) is 4.45. The molecule has 51 heavy (non-hydrogen) atoms. The van der Waals surface area contributed by atoms with E-state index in [1.54, 1.807) is 29.0 Å². The lowest BCUT2D eigenvalue weighted by Gasteiger charge is -2.41. The Morgan fingerprint density at radius 2 is 1.94 bits per heavy atom. The van der Waals surface area contributed by atoms with E-state index in [2.05, 4.69) is 16.5 Å². The number of aliphatic hydroxyl groups excluding tert-OH is 1. The number of rotatable bonds is 7. The molecule has 4 atom stereocenters. The van der Waals surface area contributed by atoms with Gasteiger partial charge in [0.1, 0.15) is 48.5 Å². The van der Waals surface area contributed by atoms with E-state index in [1.165, 1.54) is 22.8 Å². The van der Waals surface area contributed by atoms with Crippen LogP contribution in [0.15, 0.2) is 59.6 Å². The maximum absolute atomic E-state index is 16.4. The van der Waals surface area contributed by atoms with Crippen molar-refractivity contribution in [1.82, 2.24) is 24.3 Å². The number of aliphatic hydroxyl groups is 1. The number of amides is 1. The summed E-state index contributed by atoms with van der Waals surface area (Å²) in [4.78, 5) is 41.3. The molecule has 1 aromatic carbocycles. The number of pyridine rings is 1. The minimum absolute atomic E-state index is 0.0793. The topological polar surface area (TPSA) is 113 Å². The van der Waals surface area contributed by atoms with Crippen LogP contribution in [-0.4, -0.2) is 105 Å². The molecule has 1 N–H and O–H groups in total. The molecule has 11 nitrogen and oxygen atoms in total. The zero-order valence-corrected chi connectivity index (χ0v) is 28.7. The van der Waals surface area contributed by atoms with Crippen LogP contribution in [0.3, 0.4) is 0 Å². The average molecular weight is 713 g/mol. The molecular formula is C36H40F4N6O5. The van der Waals surface area contributed by atoms with E-state index in [0.717, 1.165) is 12.1 Å². The van der Waals surface area contributed by atoms with Crippen LogP contribution in [0.4, 0.5) is 23.4 Å². The van der Waals surface area contributed by atoms with Crippen molar-refractivity contribution in [3.8, 4) is 17.0 Å². The molecule has 272 valence electrons. The van der Waals surface area contributed by atoms with Crippen molar-refractivity contribution in [2.24, 2.45) is 5.92 Å². The second kappa shape index (κ2) is 14.5. The lowest BCUT2D eigenvalue weighted by molar-refractivity contribution is -0.126. The minimum Gasteiger partial charge on any atom is -0.490 e. The second-order valence-electron chi connectivity index (χ2n) is 13.3. The molecule has 3 aromatic rings. The molecule has 15 heteroatoms. The number of anilines is 1. The van der Waals surface area contributed by atoms with Crippen LogP contribution in [0.5, 0.6) is 5.75 Å².